The van der Waals surface area contributed by atoms with Crippen LogP contribution in [0.3, 0.4) is 0 Å². The first kappa shape index (κ1) is 17.2. The summed E-state index contributed by atoms with van der Waals surface area (Å²) >= 11 is 5.43. The number of rotatable bonds is 4. The van der Waals surface area contributed by atoms with Crippen molar-refractivity contribution in [2.45, 2.75) is 59.0 Å². The molecule has 1 aromatic carbocycles. The molecule has 0 aliphatic carbocycles. The number of piperidine rings is 1. The maximum Gasteiger partial charge on any atom is 0.170 e. The Kier molecular flexibility index (Phi) is 6.21. The molecule has 1 aliphatic rings. The highest BCUT2D eigenvalue weighted by Gasteiger charge is 2.22. The predicted molar refractivity (Wildman–Crippen MR) is 99.6 cm³/mol. The molecule has 0 saturated carbocycles. The monoisotopic (exact) mass is 319 g/mol. The van der Waals surface area contributed by atoms with Gasteiger partial charge in [-0.05, 0) is 82.6 Å². The van der Waals surface area contributed by atoms with E-state index in [9.17, 15) is 0 Å². The maximum atomic E-state index is 5.43. The van der Waals surface area contributed by atoms with Crippen molar-refractivity contribution in [2.24, 2.45) is 0 Å². The van der Waals surface area contributed by atoms with Crippen molar-refractivity contribution in [3.8, 4) is 0 Å². The van der Waals surface area contributed by atoms with Gasteiger partial charge in [0.05, 0.1) is 0 Å². The highest BCUT2D eigenvalue weighted by Crippen LogP contribution is 2.18. The summed E-state index contributed by atoms with van der Waals surface area (Å²) in [6, 6.07) is 7.61. The molecule has 1 fully saturated rings. The Morgan fingerprint density at radius 3 is 2.59 bits per heavy atom. The molecule has 4 heteroatoms. The van der Waals surface area contributed by atoms with Crippen LogP contribution in [0.2, 0.25) is 0 Å². The van der Waals surface area contributed by atoms with Crippen LogP contribution in [0.1, 0.15) is 44.2 Å². The first-order valence-corrected chi connectivity index (χ1v) is 8.75. The molecule has 0 amide bonds. The van der Waals surface area contributed by atoms with E-state index in [4.69, 9.17) is 12.2 Å². The molecule has 22 heavy (non-hydrogen) atoms. The fraction of sp³-hybridized carbons (Fsp3) is 0.611. The van der Waals surface area contributed by atoms with Crippen molar-refractivity contribution in [2.75, 3.05) is 18.4 Å². The zero-order valence-electron chi connectivity index (χ0n) is 14.3. The normalized spacial score (nSPS) is 20.5. The van der Waals surface area contributed by atoms with Gasteiger partial charge in [-0.1, -0.05) is 12.5 Å². The lowest BCUT2D eigenvalue weighted by Gasteiger charge is -2.38. The molecule has 1 aliphatic heterocycles. The Morgan fingerprint density at radius 2 is 1.95 bits per heavy atom. The number of hydrogen-bond donors (Lipinski definition) is 2. The van der Waals surface area contributed by atoms with Gasteiger partial charge in [-0.3, -0.25) is 4.90 Å². The summed E-state index contributed by atoms with van der Waals surface area (Å²) < 4.78 is 0. The Morgan fingerprint density at radius 1 is 1.27 bits per heavy atom. The third kappa shape index (κ3) is 4.96. The summed E-state index contributed by atoms with van der Waals surface area (Å²) in [6.07, 6.45) is 4.00. The largest absolute Gasteiger partial charge is 0.361 e. The van der Waals surface area contributed by atoms with Crippen molar-refractivity contribution in [1.29, 1.82) is 0 Å². The number of nitrogens with zero attached hydrogens (tertiary/aromatic N) is 1. The zero-order chi connectivity index (χ0) is 16.1. The Bertz CT molecular complexity index is 495. The lowest BCUT2D eigenvalue weighted by Crippen LogP contribution is -2.49. The van der Waals surface area contributed by atoms with E-state index in [1.807, 2.05) is 0 Å². The number of aryl methyl sites for hydroxylation is 2. The third-order valence-electron chi connectivity index (χ3n) is 4.46. The molecule has 3 nitrogen and oxygen atoms in total. The highest BCUT2D eigenvalue weighted by atomic mass is 32.1. The van der Waals surface area contributed by atoms with Crippen molar-refractivity contribution < 1.29 is 0 Å². The molecular formula is C18H29N3S. The van der Waals surface area contributed by atoms with Crippen molar-refractivity contribution in [3.63, 3.8) is 0 Å². The smallest absolute Gasteiger partial charge is 0.170 e. The van der Waals surface area contributed by atoms with Crippen LogP contribution in [0, 0.1) is 13.8 Å². The van der Waals surface area contributed by atoms with E-state index in [-0.39, 0.29) is 0 Å². The molecule has 0 spiro atoms. The van der Waals surface area contributed by atoms with Gasteiger partial charge >= 0.3 is 0 Å². The molecule has 2 N–H and O–H groups in total. The van der Waals surface area contributed by atoms with E-state index in [1.165, 1.54) is 36.9 Å². The summed E-state index contributed by atoms with van der Waals surface area (Å²) in [5.41, 5.74) is 3.57. The van der Waals surface area contributed by atoms with E-state index < -0.39 is 0 Å². The van der Waals surface area contributed by atoms with Crippen LogP contribution in [0.15, 0.2) is 18.2 Å². The number of likely N-dealkylation sites (tertiary alicyclic amines) is 1. The van der Waals surface area contributed by atoms with Crippen LogP contribution in [-0.2, 0) is 0 Å². The van der Waals surface area contributed by atoms with Crippen LogP contribution in [0.4, 0.5) is 5.69 Å². The maximum absolute atomic E-state index is 5.43. The molecule has 1 saturated heterocycles. The molecular weight excluding hydrogens is 290 g/mol. The minimum Gasteiger partial charge on any atom is -0.361 e. The van der Waals surface area contributed by atoms with Gasteiger partial charge in [-0.25, -0.2) is 0 Å². The summed E-state index contributed by atoms with van der Waals surface area (Å²) in [6.45, 7) is 10.9. The van der Waals surface area contributed by atoms with Crippen LogP contribution in [0.25, 0.3) is 0 Å². The van der Waals surface area contributed by atoms with Gasteiger partial charge < -0.3 is 10.6 Å². The summed E-state index contributed by atoms with van der Waals surface area (Å²) in [5, 5.41) is 7.37. The van der Waals surface area contributed by atoms with E-state index >= 15 is 0 Å². The standard InChI is InChI=1S/C18H29N3S/c1-13-9-14(2)11-17(10-13)20-18(22)19-12-16(4)21-8-6-5-7-15(21)3/h9-11,15-16H,5-8,12H2,1-4H3,(H2,19,20,22). The van der Waals surface area contributed by atoms with Crippen LogP contribution in [0.5, 0.6) is 0 Å². The van der Waals surface area contributed by atoms with Gasteiger partial charge in [-0.2, -0.15) is 0 Å². The Hall–Kier alpha value is -1.13. The quantitative estimate of drug-likeness (QED) is 0.824. The Balaban J connectivity index is 1.81. The lowest BCUT2D eigenvalue weighted by atomic mass is 10.0. The molecule has 0 radical (unpaired) electrons. The van der Waals surface area contributed by atoms with Crippen molar-refractivity contribution in [3.05, 3.63) is 29.3 Å². The molecule has 1 heterocycles. The number of nitrogens with one attached hydrogen (secondary N) is 2. The molecule has 0 bridgehead atoms. The van der Waals surface area contributed by atoms with Gasteiger partial charge in [0, 0.05) is 24.3 Å². The molecule has 122 valence electrons. The molecule has 2 rings (SSSR count). The summed E-state index contributed by atoms with van der Waals surface area (Å²) in [4.78, 5) is 2.59. The minimum atomic E-state index is 0.509. The second-order valence-electron chi connectivity index (χ2n) is 6.64. The lowest BCUT2D eigenvalue weighted by molar-refractivity contribution is 0.116. The van der Waals surface area contributed by atoms with Gasteiger partial charge in [0.15, 0.2) is 5.11 Å². The molecule has 2 unspecified atom stereocenters. The number of hydrogen-bond acceptors (Lipinski definition) is 2. The highest BCUT2D eigenvalue weighted by molar-refractivity contribution is 7.80. The predicted octanol–water partition coefficient (Wildman–Crippen LogP) is 3.85. The third-order valence-corrected chi connectivity index (χ3v) is 4.70. The van der Waals surface area contributed by atoms with E-state index in [0.29, 0.717) is 17.2 Å². The van der Waals surface area contributed by atoms with E-state index in [0.717, 1.165) is 12.2 Å². The Labute approximate surface area is 140 Å². The minimum absolute atomic E-state index is 0.509. The van der Waals surface area contributed by atoms with Crippen LogP contribution >= 0.6 is 12.2 Å². The SMILES string of the molecule is Cc1cc(C)cc(NC(=S)NCC(C)N2CCCCC2C)c1. The van der Waals surface area contributed by atoms with Gasteiger partial charge in [0.1, 0.15) is 0 Å². The summed E-state index contributed by atoms with van der Waals surface area (Å²) in [7, 11) is 0. The van der Waals surface area contributed by atoms with Crippen LogP contribution in [-0.4, -0.2) is 35.2 Å². The topological polar surface area (TPSA) is 27.3 Å². The zero-order valence-corrected chi connectivity index (χ0v) is 15.1. The van der Waals surface area contributed by atoms with E-state index in [2.05, 4.69) is 61.4 Å². The van der Waals surface area contributed by atoms with Crippen LogP contribution < -0.4 is 10.6 Å². The fourth-order valence-corrected chi connectivity index (χ4v) is 3.56. The van der Waals surface area contributed by atoms with Gasteiger partial charge in [0.2, 0.25) is 0 Å². The second kappa shape index (κ2) is 7.93. The fourth-order valence-electron chi connectivity index (χ4n) is 3.35. The first-order valence-electron chi connectivity index (χ1n) is 8.34. The van der Waals surface area contributed by atoms with Crippen molar-refractivity contribution >= 4 is 23.0 Å². The molecule has 2 atom stereocenters. The van der Waals surface area contributed by atoms with Gasteiger partial charge in [0.25, 0.3) is 0 Å². The second-order valence-corrected chi connectivity index (χ2v) is 7.05. The van der Waals surface area contributed by atoms with Gasteiger partial charge in [-0.15, -0.1) is 0 Å². The van der Waals surface area contributed by atoms with E-state index in [1.54, 1.807) is 0 Å². The number of thiocarbonyl (C=S) groups is 1. The number of anilines is 1. The molecule has 1 aromatic rings. The van der Waals surface area contributed by atoms with Crippen molar-refractivity contribution in [1.82, 2.24) is 10.2 Å². The first-order chi connectivity index (χ1) is 10.5. The average Bonchev–Trinajstić information content (AvgIpc) is 2.44. The summed E-state index contributed by atoms with van der Waals surface area (Å²) in [5.74, 6) is 0. The molecule has 0 aromatic heterocycles. The number of benzene rings is 1. The average molecular weight is 320 g/mol.